The van der Waals surface area contributed by atoms with Crippen molar-refractivity contribution in [2.45, 2.75) is 32.9 Å². The molecule has 2 unspecified atom stereocenters. The van der Waals surface area contributed by atoms with Gasteiger partial charge in [0.25, 0.3) is 0 Å². The van der Waals surface area contributed by atoms with Crippen LogP contribution in [0, 0.1) is 6.92 Å². The minimum Gasteiger partial charge on any atom is -0.468 e. The smallest absolute Gasteiger partial charge is 0.325 e. The summed E-state index contributed by atoms with van der Waals surface area (Å²) in [4.78, 5) is 11.6. The van der Waals surface area contributed by atoms with Gasteiger partial charge in [0.1, 0.15) is 6.04 Å². The van der Waals surface area contributed by atoms with Gasteiger partial charge in [-0.15, -0.1) is 0 Å². The highest BCUT2D eigenvalue weighted by Crippen LogP contribution is 2.12. The number of hydrogen-bond acceptors (Lipinski definition) is 4. The highest BCUT2D eigenvalue weighted by molar-refractivity contribution is 5.76. The Morgan fingerprint density at radius 2 is 2.38 bits per heavy atom. The Bertz CT molecular complexity index is 349. The maximum Gasteiger partial charge on any atom is 0.325 e. The molecular weight excluding hydrogens is 206 g/mol. The molecule has 0 amide bonds. The third kappa shape index (κ3) is 2.82. The second kappa shape index (κ2) is 5.65. The molecule has 16 heavy (non-hydrogen) atoms. The molecule has 5 nitrogen and oxygen atoms in total. The monoisotopic (exact) mass is 225 g/mol. The third-order valence-electron chi connectivity index (χ3n) is 2.52. The fraction of sp³-hybridized carbons (Fsp3) is 0.636. The molecule has 0 saturated heterocycles. The molecule has 5 heteroatoms. The van der Waals surface area contributed by atoms with Gasteiger partial charge in [0.2, 0.25) is 0 Å². The number of rotatable bonds is 5. The highest BCUT2D eigenvalue weighted by atomic mass is 16.5. The lowest BCUT2D eigenvalue weighted by Crippen LogP contribution is -2.43. The number of hydrogen-bond donors (Lipinski definition) is 1. The summed E-state index contributed by atoms with van der Waals surface area (Å²) in [7, 11) is 1.40. The summed E-state index contributed by atoms with van der Waals surface area (Å²) in [5, 5.41) is 7.40. The quantitative estimate of drug-likeness (QED) is 0.757. The molecule has 90 valence electrons. The van der Waals surface area contributed by atoms with Crippen molar-refractivity contribution < 1.29 is 9.53 Å². The third-order valence-corrected chi connectivity index (χ3v) is 2.52. The van der Waals surface area contributed by atoms with E-state index in [1.807, 2.05) is 33.0 Å². The van der Waals surface area contributed by atoms with E-state index in [4.69, 9.17) is 4.74 Å². The van der Waals surface area contributed by atoms with Crippen LogP contribution in [0.1, 0.15) is 25.6 Å². The second-order valence-electron chi connectivity index (χ2n) is 3.74. The molecule has 0 saturated carbocycles. The van der Waals surface area contributed by atoms with Crippen LogP contribution in [0.4, 0.5) is 0 Å². The Hall–Kier alpha value is -1.36. The number of esters is 1. The average Bonchev–Trinajstić information content (AvgIpc) is 2.71. The standard InChI is InChI=1S/C11H19N3O2/c1-5-12-10(11(15)16-4)9(3)14-7-6-8(2)13-14/h6-7,9-10,12H,5H2,1-4H3. The van der Waals surface area contributed by atoms with Crippen LogP contribution in [0.25, 0.3) is 0 Å². The van der Waals surface area contributed by atoms with Gasteiger partial charge in [0, 0.05) is 6.20 Å². The van der Waals surface area contributed by atoms with Crippen LogP contribution in [-0.2, 0) is 9.53 Å². The van der Waals surface area contributed by atoms with Gasteiger partial charge in [0.05, 0.1) is 18.8 Å². The molecule has 0 aromatic carbocycles. The summed E-state index contributed by atoms with van der Waals surface area (Å²) >= 11 is 0. The normalized spacial score (nSPS) is 14.5. The summed E-state index contributed by atoms with van der Waals surface area (Å²) in [6.45, 7) is 6.53. The Morgan fingerprint density at radius 3 is 2.81 bits per heavy atom. The SMILES string of the molecule is CCNC(C(=O)OC)C(C)n1ccc(C)n1. The van der Waals surface area contributed by atoms with Gasteiger partial charge < -0.3 is 10.1 Å². The fourth-order valence-corrected chi connectivity index (χ4v) is 1.61. The van der Waals surface area contributed by atoms with Gasteiger partial charge in [-0.2, -0.15) is 5.10 Å². The number of aryl methyl sites for hydroxylation is 1. The lowest BCUT2D eigenvalue weighted by molar-refractivity contribution is -0.144. The van der Waals surface area contributed by atoms with Crippen molar-refractivity contribution in [2.75, 3.05) is 13.7 Å². The number of ether oxygens (including phenoxy) is 1. The number of likely N-dealkylation sites (N-methyl/N-ethyl adjacent to an activating group) is 1. The van der Waals surface area contributed by atoms with E-state index in [0.29, 0.717) is 6.54 Å². The minimum atomic E-state index is -0.366. The molecule has 0 aliphatic rings. The lowest BCUT2D eigenvalue weighted by atomic mass is 10.1. The average molecular weight is 225 g/mol. The summed E-state index contributed by atoms with van der Waals surface area (Å²) in [6.07, 6.45) is 1.87. The summed E-state index contributed by atoms with van der Waals surface area (Å²) in [5.74, 6) is -0.262. The second-order valence-corrected chi connectivity index (χ2v) is 3.74. The zero-order chi connectivity index (χ0) is 12.1. The van der Waals surface area contributed by atoms with Gasteiger partial charge >= 0.3 is 5.97 Å². The van der Waals surface area contributed by atoms with Crippen LogP contribution < -0.4 is 5.32 Å². The number of carbonyl (C=O) groups excluding carboxylic acids is 1. The maximum absolute atomic E-state index is 11.6. The van der Waals surface area contributed by atoms with E-state index in [0.717, 1.165) is 5.69 Å². The largest absolute Gasteiger partial charge is 0.468 e. The predicted molar refractivity (Wildman–Crippen MR) is 61.2 cm³/mol. The Balaban J connectivity index is 2.81. The van der Waals surface area contributed by atoms with Crippen LogP contribution in [-0.4, -0.2) is 35.4 Å². The molecule has 1 aromatic heterocycles. The summed E-state index contributed by atoms with van der Waals surface area (Å²) in [5.41, 5.74) is 0.937. The predicted octanol–water partition coefficient (Wildman–Crippen LogP) is 0.904. The number of carbonyl (C=O) groups is 1. The van der Waals surface area contributed by atoms with Crippen LogP contribution in [0.15, 0.2) is 12.3 Å². The van der Waals surface area contributed by atoms with E-state index in [9.17, 15) is 4.79 Å². The number of methoxy groups -OCH3 is 1. The van der Waals surface area contributed by atoms with Crippen molar-refractivity contribution in [3.8, 4) is 0 Å². The first-order chi connectivity index (χ1) is 7.60. The van der Waals surface area contributed by atoms with Crippen molar-refractivity contribution in [3.63, 3.8) is 0 Å². The van der Waals surface area contributed by atoms with E-state index in [2.05, 4.69) is 10.4 Å². The number of nitrogens with zero attached hydrogens (tertiary/aromatic N) is 2. The van der Waals surface area contributed by atoms with E-state index in [-0.39, 0.29) is 18.1 Å². The van der Waals surface area contributed by atoms with Gasteiger partial charge in [-0.3, -0.25) is 9.48 Å². The van der Waals surface area contributed by atoms with E-state index in [1.54, 1.807) is 4.68 Å². The zero-order valence-corrected chi connectivity index (χ0v) is 10.2. The summed E-state index contributed by atoms with van der Waals surface area (Å²) in [6, 6.07) is 1.48. The Labute approximate surface area is 95.8 Å². The van der Waals surface area contributed by atoms with Crippen molar-refractivity contribution >= 4 is 5.97 Å². The van der Waals surface area contributed by atoms with Crippen LogP contribution >= 0.6 is 0 Å². The molecule has 1 heterocycles. The van der Waals surface area contributed by atoms with E-state index in [1.165, 1.54) is 7.11 Å². The maximum atomic E-state index is 11.6. The molecule has 0 radical (unpaired) electrons. The van der Waals surface area contributed by atoms with Crippen molar-refractivity contribution in [2.24, 2.45) is 0 Å². The molecule has 0 spiro atoms. The van der Waals surface area contributed by atoms with Crippen molar-refractivity contribution in [1.82, 2.24) is 15.1 Å². The molecular formula is C11H19N3O2. The van der Waals surface area contributed by atoms with E-state index >= 15 is 0 Å². The minimum absolute atomic E-state index is 0.0684. The van der Waals surface area contributed by atoms with Crippen LogP contribution in [0.3, 0.4) is 0 Å². The van der Waals surface area contributed by atoms with Gasteiger partial charge in [-0.25, -0.2) is 0 Å². The van der Waals surface area contributed by atoms with Crippen molar-refractivity contribution in [1.29, 1.82) is 0 Å². The fourth-order valence-electron chi connectivity index (χ4n) is 1.61. The molecule has 0 fully saturated rings. The summed E-state index contributed by atoms with van der Waals surface area (Å²) < 4.78 is 6.55. The first-order valence-electron chi connectivity index (χ1n) is 5.43. The van der Waals surface area contributed by atoms with Gasteiger partial charge in [0.15, 0.2) is 0 Å². The first kappa shape index (κ1) is 12.7. The zero-order valence-electron chi connectivity index (χ0n) is 10.2. The lowest BCUT2D eigenvalue weighted by Gasteiger charge is -2.22. The Kier molecular flexibility index (Phi) is 4.49. The van der Waals surface area contributed by atoms with Crippen molar-refractivity contribution in [3.05, 3.63) is 18.0 Å². The molecule has 1 N–H and O–H groups in total. The van der Waals surface area contributed by atoms with Gasteiger partial charge in [-0.1, -0.05) is 6.92 Å². The topological polar surface area (TPSA) is 56.1 Å². The molecule has 0 aliphatic carbocycles. The van der Waals surface area contributed by atoms with E-state index < -0.39 is 0 Å². The molecule has 1 rings (SSSR count). The molecule has 1 aromatic rings. The molecule has 0 bridgehead atoms. The molecule has 2 atom stereocenters. The van der Waals surface area contributed by atoms with Crippen LogP contribution in [0.5, 0.6) is 0 Å². The highest BCUT2D eigenvalue weighted by Gasteiger charge is 2.26. The molecule has 0 aliphatic heterocycles. The first-order valence-corrected chi connectivity index (χ1v) is 5.43. The Morgan fingerprint density at radius 1 is 1.69 bits per heavy atom. The van der Waals surface area contributed by atoms with Crippen LogP contribution in [0.2, 0.25) is 0 Å². The van der Waals surface area contributed by atoms with Gasteiger partial charge in [-0.05, 0) is 26.5 Å². The number of aromatic nitrogens is 2. The number of nitrogens with one attached hydrogen (secondary N) is 1.